The van der Waals surface area contributed by atoms with Gasteiger partial charge in [0.05, 0.1) is 5.92 Å². The molecule has 0 radical (unpaired) electrons. The molecule has 0 unspecified atom stereocenters. The van der Waals surface area contributed by atoms with Crippen LogP contribution in [-0.4, -0.2) is 59.3 Å². The first-order valence-corrected chi connectivity index (χ1v) is 9.32. The fourth-order valence-corrected chi connectivity index (χ4v) is 3.40. The van der Waals surface area contributed by atoms with Crippen LogP contribution in [0.2, 0.25) is 0 Å². The molecule has 1 heterocycles. The minimum Gasteiger partial charge on any atom is -0.382 e. The number of carbonyl (C=O) groups is 2. The van der Waals surface area contributed by atoms with Crippen molar-refractivity contribution >= 4 is 17.5 Å². The van der Waals surface area contributed by atoms with Crippen molar-refractivity contribution in [2.75, 3.05) is 31.1 Å². The van der Waals surface area contributed by atoms with Crippen LogP contribution in [0, 0.1) is 5.92 Å². The molecule has 7 nitrogen and oxygen atoms in total. The molecule has 1 aliphatic rings. The van der Waals surface area contributed by atoms with E-state index in [0.29, 0.717) is 26.2 Å². The molecule has 0 bridgehead atoms. The third-order valence-corrected chi connectivity index (χ3v) is 5.17. The summed E-state index contributed by atoms with van der Waals surface area (Å²) in [5.41, 5.74) is 4.80. The zero-order valence-corrected chi connectivity index (χ0v) is 15.8. The van der Waals surface area contributed by atoms with Gasteiger partial charge in [0.2, 0.25) is 5.91 Å². The summed E-state index contributed by atoms with van der Waals surface area (Å²) in [5, 5.41) is 18.4. The van der Waals surface area contributed by atoms with Crippen LogP contribution in [0.1, 0.15) is 6.92 Å². The van der Waals surface area contributed by atoms with Gasteiger partial charge in [0.25, 0.3) is 5.91 Å². The molecule has 28 heavy (non-hydrogen) atoms. The lowest BCUT2D eigenvalue weighted by molar-refractivity contribution is -0.149. The highest BCUT2D eigenvalue weighted by molar-refractivity contribution is 5.88. The van der Waals surface area contributed by atoms with E-state index in [2.05, 4.69) is 41.3 Å². The van der Waals surface area contributed by atoms with Crippen molar-refractivity contribution in [3.63, 3.8) is 0 Å². The summed E-state index contributed by atoms with van der Waals surface area (Å²) < 4.78 is 0. The smallest absolute Gasteiger partial charge is 0.272 e. The maximum Gasteiger partial charge on any atom is 0.272 e. The fourth-order valence-electron chi connectivity index (χ4n) is 3.40. The normalized spacial score (nSPS) is 16.4. The molecule has 1 aliphatic heterocycles. The zero-order chi connectivity index (χ0) is 20.1. The number of amides is 2. The number of anilines is 1. The molecule has 3 rings (SSSR count). The number of piperazine rings is 1. The van der Waals surface area contributed by atoms with Gasteiger partial charge >= 0.3 is 0 Å². The van der Waals surface area contributed by atoms with Gasteiger partial charge in [-0.3, -0.25) is 14.8 Å². The van der Waals surface area contributed by atoms with E-state index in [1.807, 2.05) is 18.2 Å². The maximum absolute atomic E-state index is 12.5. The lowest BCUT2D eigenvalue weighted by atomic mass is 10.0. The Morgan fingerprint density at radius 1 is 0.929 bits per heavy atom. The molecule has 0 aromatic heterocycles. The van der Waals surface area contributed by atoms with Crippen molar-refractivity contribution in [1.82, 2.24) is 10.4 Å². The van der Waals surface area contributed by atoms with Crippen LogP contribution < -0.4 is 10.4 Å². The SMILES string of the molecule is C[C@H](C(=O)N1CCN(c2ccc(-c3ccccc3)cc2)CC1)[C@@H](O)C(=O)NO. The van der Waals surface area contributed by atoms with Crippen LogP contribution in [0.4, 0.5) is 5.69 Å². The van der Waals surface area contributed by atoms with Gasteiger partial charge < -0.3 is 14.9 Å². The summed E-state index contributed by atoms with van der Waals surface area (Å²) in [6.07, 6.45) is -1.57. The van der Waals surface area contributed by atoms with Gasteiger partial charge in [0, 0.05) is 31.9 Å². The predicted octanol–water partition coefficient (Wildman–Crippen LogP) is 1.50. The molecule has 7 heteroatoms. The van der Waals surface area contributed by atoms with Crippen LogP contribution in [-0.2, 0) is 9.59 Å². The number of aliphatic hydroxyl groups is 1. The van der Waals surface area contributed by atoms with Crippen molar-refractivity contribution in [2.45, 2.75) is 13.0 Å². The monoisotopic (exact) mass is 383 g/mol. The lowest BCUT2D eigenvalue weighted by Crippen LogP contribution is -2.52. The van der Waals surface area contributed by atoms with Crippen molar-refractivity contribution in [3.05, 3.63) is 54.6 Å². The topological polar surface area (TPSA) is 93.1 Å². The van der Waals surface area contributed by atoms with Crippen LogP contribution in [0.5, 0.6) is 0 Å². The van der Waals surface area contributed by atoms with E-state index in [1.54, 1.807) is 4.90 Å². The number of hydroxylamine groups is 1. The van der Waals surface area contributed by atoms with Gasteiger partial charge in [-0.15, -0.1) is 0 Å². The first kappa shape index (κ1) is 19.9. The van der Waals surface area contributed by atoms with E-state index in [9.17, 15) is 14.7 Å². The van der Waals surface area contributed by atoms with E-state index in [0.717, 1.165) is 11.3 Å². The average Bonchev–Trinajstić information content (AvgIpc) is 2.78. The highest BCUT2D eigenvalue weighted by atomic mass is 16.5. The molecule has 3 N–H and O–H groups in total. The van der Waals surface area contributed by atoms with E-state index >= 15 is 0 Å². The molecular weight excluding hydrogens is 358 g/mol. The van der Waals surface area contributed by atoms with Gasteiger partial charge in [-0.2, -0.15) is 0 Å². The standard InChI is InChI=1S/C21H25N3O4/c1-15(19(25)20(26)22-28)21(27)24-13-11-23(12-14-24)18-9-7-17(8-10-18)16-5-3-2-4-6-16/h2-10,15,19,25,28H,11-14H2,1H3,(H,22,26)/t15-,19+/m0/s1. The van der Waals surface area contributed by atoms with E-state index in [1.165, 1.54) is 18.0 Å². The number of hydrogen-bond acceptors (Lipinski definition) is 5. The molecule has 1 saturated heterocycles. The van der Waals surface area contributed by atoms with Crippen molar-refractivity contribution in [3.8, 4) is 11.1 Å². The summed E-state index contributed by atoms with van der Waals surface area (Å²) in [7, 11) is 0. The second-order valence-electron chi connectivity index (χ2n) is 6.93. The zero-order valence-electron chi connectivity index (χ0n) is 15.8. The third kappa shape index (κ3) is 4.32. The van der Waals surface area contributed by atoms with Crippen molar-refractivity contribution in [1.29, 1.82) is 0 Å². The number of nitrogens with zero attached hydrogens (tertiary/aromatic N) is 2. The molecule has 2 amide bonds. The van der Waals surface area contributed by atoms with E-state index < -0.39 is 17.9 Å². The van der Waals surface area contributed by atoms with Gasteiger partial charge in [0.15, 0.2) is 0 Å². The molecule has 0 saturated carbocycles. The minimum absolute atomic E-state index is 0.296. The predicted molar refractivity (Wildman–Crippen MR) is 106 cm³/mol. The molecular formula is C21H25N3O4. The molecule has 148 valence electrons. The number of hydrogen-bond donors (Lipinski definition) is 3. The summed E-state index contributed by atoms with van der Waals surface area (Å²) in [5.74, 6) is -2.18. The number of rotatable bonds is 5. The summed E-state index contributed by atoms with van der Waals surface area (Å²) in [6.45, 7) is 3.85. The Balaban J connectivity index is 1.58. The van der Waals surface area contributed by atoms with Crippen molar-refractivity contribution in [2.24, 2.45) is 5.92 Å². The molecule has 0 spiro atoms. The average molecular weight is 383 g/mol. The summed E-state index contributed by atoms with van der Waals surface area (Å²) in [6, 6.07) is 18.5. The Kier molecular flexibility index (Phi) is 6.28. The number of benzene rings is 2. The quantitative estimate of drug-likeness (QED) is 0.538. The van der Waals surface area contributed by atoms with Crippen LogP contribution in [0.3, 0.4) is 0 Å². The van der Waals surface area contributed by atoms with Crippen LogP contribution in [0.15, 0.2) is 54.6 Å². The molecule has 1 fully saturated rings. The number of aliphatic hydroxyl groups excluding tert-OH is 1. The van der Waals surface area contributed by atoms with Gasteiger partial charge in [-0.05, 0) is 23.3 Å². The van der Waals surface area contributed by atoms with Crippen LogP contribution in [0.25, 0.3) is 11.1 Å². The Morgan fingerprint density at radius 3 is 2.07 bits per heavy atom. The van der Waals surface area contributed by atoms with E-state index in [-0.39, 0.29) is 5.91 Å². The fraction of sp³-hybridized carbons (Fsp3) is 0.333. The van der Waals surface area contributed by atoms with Gasteiger partial charge in [-0.25, -0.2) is 5.48 Å². The Labute approximate surface area is 164 Å². The number of nitrogens with one attached hydrogen (secondary N) is 1. The largest absolute Gasteiger partial charge is 0.382 e. The lowest BCUT2D eigenvalue weighted by Gasteiger charge is -2.37. The Morgan fingerprint density at radius 2 is 1.50 bits per heavy atom. The van der Waals surface area contributed by atoms with Crippen LogP contribution >= 0.6 is 0 Å². The van der Waals surface area contributed by atoms with E-state index in [4.69, 9.17) is 5.21 Å². The number of carbonyl (C=O) groups excluding carboxylic acids is 2. The minimum atomic E-state index is -1.57. The molecule has 2 aromatic carbocycles. The summed E-state index contributed by atoms with van der Waals surface area (Å²) in [4.78, 5) is 27.7. The second kappa shape index (κ2) is 8.86. The first-order chi connectivity index (χ1) is 13.5. The highest BCUT2D eigenvalue weighted by Gasteiger charge is 2.32. The molecule has 2 atom stereocenters. The highest BCUT2D eigenvalue weighted by Crippen LogP contribution is 2.24. The maximum atomic E-state index is 12.5. The molecule has 2 aromatic rings. The Bertz CT molecular complexity index is 802. The van der Waals surface area contributed by atoms with Crippen molar-refractivity contribution < 1.29 is 19.9 Å². The summed E-state index contributed by atoms with van der Waals surface area (Å²) >= 11 is 0. The molecule has 0 aliphatic carbocycles. The Hall–Kier alpha value is -2.90. The second-order valence-corrected chi connectivity index (χ2v) is 6.93. The third-order valence-electron chi connectivity index (χ3n) is 5.17. The van der Waals surface area contributed by atoms with Gasteiger partial charge in [0.1, 0.15) is 6.10 Å². The van der Waals surface area contributed by atoms with Gasteiger partial charge in [-0.1, -0.05) is 49.4 Å². The first-order valence-electron chi connectivity index (χ1n) is 9.32.